The van der Waals surface area contributed by atoms with Gasteiger partial charge >= 0.3 is 0 Å². The van der Waals surface area contributed by atoms with Crippen molar-refractivity contribution in [3.05, 3.63) is 23.8 Å². The predicted molar refractivity (Wildman–Crippen MR) is 71.4 cm³/mol. The van der Waals surface area contributed by atoms with Crippen molar-refractivity contribution in [2.24, 2.45) is 5.73 Å². The lowest BCUT2D eigenvalue weighted by molar-refractivity contribution is 0.409. The van der Waals surface area contributed by atoms with Crippen LogP contribution >= 0.6 is 11.8 Å². The van der Waals surface area contributed by atoms with Crippen LogP contribution in [0.4, 0.5) is 0 Å². The van der Waals surface area contributed by atoms with E-state index in [9.17, 15) is 0 Å². The van der Waals surface area contributed by atoms with E-state index in [0.29, 0.717) is 6.54 Å². The zero-order chi connectivity index (χ0) is 12.2. The van der Waals surface area contributed by atoms with Crippen molar-refractivity contribution in [2.75, 3.05) is 13.7 Å². The van der Waals surface area contributed by atoms with E-state index in [-0.39, 0.29) is 4.75 Å². The summed E-state index contributed by atoms with van der Waals surface area (Å²) in [7, 11) is 1.71. The number of hydrogen-bond donors (Lipinski definition) is 1. The van der Waals surface area contributed by atoms with E-state index >= 15 is 0 Å². The molecule has 0 aromatic heterocycles. The molecule has 0 atom stereocenters. The lowest BCUT2D eigenvalue weighted by Crippen LogP contribution is -2.26. The van der Waals surface area contributed by atoms with Gasteiger partial charge in [-0.1, -0.05) is 6.92 Å². The second-order valence-corrected chi connectivity index (χ2v) is 6.17. The number of rotatable bonds is 5. The summed E-state index contributed by atoms with van der Waals surface area (Å²) in [4.78, 5) is 1.26. The van der Waals surface area contributed by atoms with Crippen molar-refractivity contribution in [3.63, 3.8) is 0 Å². The van der Waals surface area contributed by atoms with Crippen molar-refractivity contribution in [1.29, 1.82) is 0 Å². The maximum absolute atomic E-state index is 5.74. The molecule has 0 spiro atoms. The molecule has 0 bridgehead atoms. The van der Waals surface area contributed by atoms with Gasteiger partial charge in [0.05, 0.1) is 7.11 Å². The van der Waals surface area contributed by atoms with E-state index in [2.05, 4.69) is 32.9 Å². The normalized spacial score (nSPS) is 11.6. The Bertz CT molecular complexity index is 350. The minimum absolute atomic E-state index is 0.0829. The Morgan fingerprint density at radius 3 is 2.56 bits per heavy atom. The summed E-state index contributed by atoms with van der Waals surface area (Å²) >= 11 is 1.81. The number of hydrogen-bond acceptors (Lipinski definition) is 3. The van der Waals surface area contributed by atoms with Gasteiger partial charge < -0.3 is 10.5 Å². The number of benzene rings is 1. The van der Waals surface area contributed by atoms with Gasteiger partial charge in [0.25, 0.3) is 0 Å². The molecule has 1 rings (SSSR count). The second-order valence-electron chi connectivity index (χ2n) is 4.39. The molecule has 0 radical (unpaired) electrons. The number of thioether (sulfide) groups is 1. The monoisotopic (exact) mass is 239 g/mol. The van der Waals surface area contributed by atoms with Crippen LogP contribution < -0.4 is 10.5 Å². The van der Waals surface area contributed by atoms with Crippen molar-refractivity contribution < 1.29 is 4.74 Å². The van der Waals surface area contributed by atoms with E-state index in [1.165, 1.54) is 10.5 Å². The SMILES string of the molecule is CCc1cc(SC(C)(C)CN)ccc1OC. The predicted octanol–water partition coefficient (Wildman–Crippen LogP) is 3.09. The molecule has 16 heavy (non-hydrogen) atoms. The third-order valence-electron chi connectivity index (χ3n) is 2.52. The molecule has 0 saturated heterocycles. The van der Waals surface area contributed by atoms with E-state index < -0.39 is 0 Å². The van der Waals surface area contributed by atoms with Gasteiger partial charge in [-0.25, -0.2) is 0 Å². The summed E-state index contributed by atoms with van der Waals surface area (Å²) in [6, 6.07) is 6.33. The molecule has 0 aliphatic heterocycles. The number of aryl methyl sites for hydroxylation is 1. The van der Waals surface area contributed by atoms with Gasteiger partial charge in [0.15, 0.2) is 0 Å². The Hall–Kier alpha value is -0.670. The highest BCUT2D eigenvalue weighted by molar-refractivity contribution is 8.00. The van der Waals surface area contributed by atoms with Crippen LogP contribution in [-0.4, -0.2) is 18.4 Å². The Morgan fingerprint density at radius 1 is 1.38 bits per heavy atom. The molecule has 0 saturated carbocycles. The number of methoxy groups -OCH3 is 1. The molecule has 3 heteroatoms. The molecular weight excluding hydrogens is 218 g/mol. The third kappa shape index (κ3) is 3.42. The highest BCUT2D eigenvalue weighted by Crippen LogP contribution is 2.34. The third-order valence-corrected chi connectivity index (χ3v) is 3.73. The van der Waals surface area contributed by atoms with Crippen LogP contribution in [0.3, 0.4) is 0 Å². The first-order valence-corrected chi connectivity index (χ1v) is 6.40. The van der Waals surface area contributed by atoms with Crippen molar-refractivity contribution in [2.45, 2.75) is 36.8 Å². The van der Waals surface area contributed by atoms with Gasteiger partial charge in [-0.3, -0.25) is 0 Å². The van der Waals surface area contributed by atoms with Crippen LogP contribution in [0, 0.1) is 0 Å². The average molecular weight is 239 g/mol. The summed E-state index contributed by atoms with van der Waals surface area (Å²) in [6.07, 6.45) is 0.987. The van der Waals surface area contributed by atoms with E-state index in [1.54, 1.807) is 7.11 Å². The summed E-state index contributed by atoms with van der Waals surface area (Å²) in [5.74, 6) is 0.970. The van der Waals surface area contributed by atoms with Crippen molar-refractivity contribution >= 4 is 11.8 Å². The summed E-state index contributed by atoms with van der Waals surface area (Å²) in [5.41, 5.74) is 6.99. The molecule has 1 aromatic carbocycles. The molecule has 2 nitrogen and oxygen atoms in total. The maximum Gasteiger partial charge on any atom is 0.122 e. The quantitative estimate of drug-likeness (QED) is 0.802. The molecule has 90 valence electrons. The molecule has 0 aliphatic rings. The van der Waals surface area contributed by atoms with Crippen LogP contribution in [0.1, 0.15) is 26.3 Å². The van der Waals surface area contributed by atoms with Crippen molar-refractivity contribution in [1.82, 2.24) is 0 Å². The molecule has 0 amide bonds. The number of nitrogens with two attached hydrogens (primary N) is 1. The van der Waals surface area contributed by atoms with Crippen LogP contribution in [0.5, 0.6) is 5.75 Å². The minimum Gasteiger partial charge on any atom is -0.496 e. The topological polar surface area (TPSA) is 35.2 Å². The van der Waals surface area contributed by atoms with Gasteiger partial charge in [-0.05, 0) is 44.0 Å². The maximum atomic E-state index is 5.74. The van der Waals surface area contributed by atoms with Crippen molar-refractivity contribution in [3.8, 4) is 5.75 Å². The van der Waals surface area contributed by atoms with E-state index in [4.69, 9.17) is 10.5 Å². The molecule has 0 heterocycles. The molecular formula is C13H21NOS. The minimum atomic E-state index is 0.0829. The zero-order valence-electron chi connectivity index (χ0n) is 10.5. The highest BCUT2D eigenvalue weighted by Gasteiger charge is 2.17. The Morgan fingerprint density at radius 2 is 2.06 bits per heavy atom. The first-order chi connectivity index (χ1) is 7.52. The number of ether oxygens (including phenoxy) is 1. The Balaban J connectivity index is 2.91. The van der Waals surface area contributed by atoms with Gasteiger partial charge in [0.2, 0.25) is 0 Å². The molecule has 1 aromatic rings. The fourth-order valence-corrected chi connectivity index (χ4v) is 2.51. The molecule has 0 fully saturated rings. The Labute approximate surface area is 103 Å². The second kappa shape index (κ2) is 5.60. The lowest BCUT2D eigenvalue weighted by Gasteiger charge is -2.22. The zero-order valence-corrected chi connectivity index (χ0v) is 11.4. The smallest absolute Gasteiger partial charge is 0.122 e. The van der Waals surface area contributed by atoms with Gasteiger partial charge in [0, 0.05) is 16.2 Å². The van der Waals surface area contributed by atoms with Gasteiger partial charge in [-0.2, -0.15) is 0 Å². The van der Waals surface area contributed by atoms with Crippen LogP contribution in [0.15, 0.2) is 23.1 Å². The van der Waals surface area contributed by atoms with Gasteiger partial charge in [0.1, 0.15) is 5.75 Å². The van der Waals surface area contributed by atoms with Crippen LogP contribution in [0.2, 0.25) is 0 Å². The first-order valence-electron chi connectivity index (χ1n) is 5.58. The summed E-state index contributed by atoms with van der Waals surface area (Å²) in [6.45, 7) is 7.13. The van der Waals surface area contributed by atoms with Crippen LogP contribution in [0.25, 0.3) is 0 Å². The molecule has 0 aliphatic carbocycles. The Kier molecular flexibility index (Phi) is 4.69. The fourth-order valence-electron chi connectivity index (χ4n) is 1.46. The van der Waals surface area contributed by atoms with Crippen LogP contribution in [-0.2, 0) is 6.42 Å². The molecule has 2 N–H and O–H groups in total. The lowest BCUT2D eigenvalue weighted by atomic mass is 10.1. The fraction of sp³-hybridized carbons (Fsp3) is 0.538. The van der Waals surface area contributed by atoms with Gasteiger partial charge in [-0.15, -0.1) is 11.8 Å². The van der Waals surface area contributed by atoms with E-state index in [0.717, 1.165) is 12.2 Å². The summed E-state index contributed by atoms with van der Waals surface area (Å²) < 4.78 is 5.40. The standard InChI is InChI=1S/C13H21NOS/c1-5-10-8-11(6-7-12(10)15-4)16-13(2,3)9-14/h6-8H,5,9,14H2,1-4H3. The molecule has 0 unspecified atom stereocenters. The highest BCUT2D eigenvalue weighted by atomic mass is 32.2. The first kappa shape index (κ1) is 13.4. The largest absolute Gasteiger partial charge is 0.496 e. The summed E-state index contributed by atoms with van der Waals surface area (Å²) in [5, 5.41) is 0. The van der Waals surface area contributed by atoms with E-state index in [1.807, 2.05) is 17.8 Å². The average Bonchev–Trinajstić information content (AvgIpc) is 2.28.